The summed E-state index contributed by atoms with van der Waals surface area (Å²) in [4.78, 5) is 11.3. The highest BCUT2D eigenvalue weighted by Crippen LogP contribution is 2.26. The Morgan fingerprint density at radius 2 is 1.81 bits per heavy atom. The maximum atomic E-state index is 4.50. The highest BCUT2D eigenvalue weighted by atomic mass is 32.2. The lowest BCUT2D eigenvalue weighted by Gasteiger charge is -2.27. The van der Waals surface area contributed by atoms with E-state index in [1.165, 1.54) is 0 Å². The van der Waals surface area contributed by atoms with Crippen LogP contribution in [0.5, 0.6) is 0 Å². The predicted octanol–water partition coefficient (Wildman–Crippen LogP) is 2.37. The molecule has 3 aromatic rings. The molecule has 0 amide bonds. The van der Waals surface area contributed by atoms with Crippen LogP contribution in [0.4, 0.5) is 5.82 Å². The van der Waals surface area contributed by atoms with Crippen LogP contribution in [-0.4, -0.2) is 44.3 Å². The first-order chi connectivity index (χ1) is 10.4. The lowest BCUT2D eigenvalue weighted by Crippen LogP contribution is -2.33. The third-order valence-electron chi connectivity index (χ3n) is 3.66. The highest BCUT2D eigenvalue weighted by Gasteiger charge is 2.18. The van der Waals surface area contributed by atoms with Crippen molar-refractivity contribution in [3.05, 3.63) is 42.9 Å². The number of hydrogen-bond acceptors (Lipinski definition) is 5. The van der Waals surface area contributed by atoms with E-state index < -0.39 is 0 Å². The lowest BCUT2D eigenvalue weighted by atomic mass is 10.3. The molecule has 0 N–H and O–H groups in total. The Hall–Kier alpha value is -2.08. The van der Waals surface area contributed by atoms with Crippen LogP contribution in [0.3, 0.4) is 0 Å². The maximum absolute atomic E-state index is 4.50. The molecule has 1 fully saturated rings. The smallest absolute Gasteiger partial charge is 0.168 e. The first-order valence-electron chi connectivity index (χ1n) is 7.00. The molecule has 106 valence electrons. The van der Waals surface area contributed by atoms with E-state index in [1.54, 1.807) is 6.33 Å². The van der Waals surface area contributed by atoms with Gasteiger partial charge in [-0.25, -0.2) is 14.6 Å². The van der Waals surface area contributed by atoms with Gasteiger partial charge in [0, 0.05) is 24.6 Å². The molecule has 0 unspecified atom stereocenters. The number of aromatic nitrogens is 4. The molecule has 4 rings (SSSR count). The molecule has 3 heterocycles. The van der Waals surface area contributed by atoms with Gasteiger partial charge in [0.2, 0.25) is 0 Å². The van der Waals surface area contributed by atoms with E-state index in [-0.39, 0.29) is 0 Å². The van der Waals surface area contributed by atoms with E-state index in [9.17, 15) is 0 Å². The minimum atomic E-state index is 0.865. The molecule has 1 aromatic carbocycles. The van der Waals surface area contributed by atoms with Crippen molar-refractivity contribution in [2.75, 3.05) is 29.5 Å². The third-order valence-corrected chi connectivity index (χ3v) is 4.60. The fourth-order valence-electron chi connectivity index (χ4n) is 2.62. The van der Waals surface area contributed by atoms with E-state index in [4.69, 9.17) is 0 Å². The van der Waals surface area contributed by atoms with Gasteiger partial charge in [-0.1, -0.05) is 18.2 Å². The molecule has 1 aliphatic heterocycles. The Kier molecular flexibility index (Phi) is 3.23. The number of rotatable bonds is 2. The molecule has 0 aliphatic carbocycles. The molecule has 21 heavy (non-hydrogen) atoms. The summed E-state index contributed by atoms with van der Waals surface area (Å²) in [5.74, 6) is 3.30. The fourth-order valence-corrected chi connectivity index (χ4v) is 3.52. The number of anilines is 1. The predicted molar refractivity (Wildman–Crippen MR) is 86.2 cm³/mol. The minimum absolute atomic E-state index is 0.865. The van der Waals surface area contributed by atoms with Crippen LogP contribution in [0, 0.1) is 0 Å². The van der Waals surface area contributed by atoms with Crippen molar-refractivity contribution in [1.29, 1.82) is 0 Å². The van der Waals surface area contributed by atoms with E-state index in [2.05, 4.69) is 20.0 Å². The Balaban J connectivity index is 1.83. The number of fused-ring (bicyclic) bond motifs is 1. The zero-order valence-electron chi connectivity index (χ0n) is 11.5. The average molecular weight is 297 g/mol. The van der Waals surface area contributed by atoms with Crippen molar-refractivity contribution in [3.8, 4) is 5.69 Å². The summed E-state index contributed by atoms with van der Waals surface area (Å²) in [6, 6.07) is 10.1. The molecule has 6 heteroatoms. The first kappa shape index (κ1) is 12.6. The van der Waals surface area contributed by atoms with Crippen LogP contribution < -0.4 is 4.90 Å². The van der Waals surface area contributed by atoms with E-state index in [0.29, 0.717) is 0 Å². The van der Waals surface area contributed by atoms with Crippen LogP contribution in [0.2, 0.25) is 0 Å². The van der Waals surface area contributed by atoms with Gasteiger partial charge in [-0.15, -0.1) is 0 Å². The number of benzene rings is 1. The zero-order valence-corrected chi connectivity index (χ0v) is 12.3. The van der Waals surface area contributed by atoms with Gasteiger partial charge in [-0.05, 0) is 12.1 Å². The summed E-state index contributed by atoms with van der Waals surface area (Å²) >= 11 is 1.99. The number of thioether (sulfide) groups is 1. The molecule has 0 atom stereocenters. The van der Waals surface area contributed by atoms with Gasteiger partial charge in [0.25, 0.3) is 0 Å². The molecule has 5 nitrogen and oxygen atoms in total. The summed E-state index contributed by atoms with van der Waals surface area (Å²) in [6.45, 7) is 2.07. The van der Waals surface area contributed by atoms with E-state index in [1.807, 2.05) is 53.0 Å². The Bertz CT molecular complexity index is 749. The Labute approximate surface area is 127 Å². The molecule has 1 aliphatic rings. The standard InChI is InChI=1S/C15H15N5S/c1-2-4-12(5-3-1)20-15-13(10-18-20)14(16-11-17-15)19-6-8-21-9-7-19/h1-5,10-11H,6-9H2. The van der Waals surface area contributed by atoms with Crippen molar-refractivity contribution in [2.45, 2.75) is 0 Å². The normalized spacial score (nSPS) is 15.5. The zero-order chi connectivity index (χ0) is 14.1. The summed E-state index contributed by atoms with van der Waals surface area (Å²) in [7, 11) is 0. The first-order valence-corrected chi connectivity index (χ1v) is 8.16. The second-order valence-electron chi connectivity index (χ2n) is 4.93. The summed E-state index contributed by atoms with van der Waals surface area (Å²) < 4.78 is 1.87. The second kappa shape index (κ2) is 5.37. The monoisotopic (exact) mass is 297 g/mol. The second-order valence-corrected chi connectivity index (χ2v) is 6.15. The maximum Gasteiger partial charge on any atom is 0.168 e. The molecule has 0 radical (unpaired) electrons. The van der Waals surface area contributed by atoms with Gasteiger partial charge >= 0.3 is 0 Å². The summed E-state index contributed by atoms with van der Waals surface area (Å²) in [5.41, 5.74) is 1.88. The quantitative estimate of drug-likeness (QED) is 0.727. The summed E-state index contributed by atoms with van der Waals surface area (Å²) in [5, 5.41) is 5.52. The van der Waals surface area contributed by atoms with Crippen molar-refractivity contribution < 1.29 is 0 Å². The van der Waals surface area contributed by atoms with Crippen LogP contribution >= 0.6 is 11.8 Å². The molecular weight excluding hydrogens is 282 g/mol. The minimum Gasteiger partial charge on any atom is -0.354 e. The number of hydrogen-bond donors (Lipinski definition) is 0. The van der Waals surface area contributed by atoms with E-state index in [0.717, 1.165) is 47.1 Å². The molecular formula is C15H15N5S. The SMILES string of the molecule is c1ccc(-n2ncc3c(N4CCSCC4)ncnc32)cc1. The number of nitrogens with zero attached hydrogens (tertiary/aromatic N) is 5. The van der Waals surface area contributed by atoms with Gasteiger partial charge < -0.3 is 4.90 Å². The van der Waals surface area contributed by atoms with Gasteiger partial charge in [0.05, 0.1) is 17.3 Å². The highest BCUT2D eigenvalue weighted by molar-refractivity contribution is 7.99. The topological polar surface area (TPSA) is 46.8 Å². The molecule has 0 bridgehead atoms. The van der Waals surface area contributed by atoms with Crippen LogP contribution in [0.25, 0.3) is 16.7 Å². The Morgan fingerprint density at radius 3 is 2.62 bits per heavy atom. The van der Waals surface area contributed by atoms with Crippen molar-refractivity contribution in [2.24, 2.45) is 0 Å². The van der Waals surface area contributed by atoms with Crippen LogP contribution in [-0.2, 0) is 0 Å². The van der Waals surface area contributed by atoms with Gasteiger partial charge in [-0.2, -0.15) is 16.9 Å². The van der Waals surface area contributed by atoms with Crippen molar-refractivity contribution in [3.63, 3.8) is 0 Å². The molecule has 1 saturated heterocycles. The molecule has 2 aromatic heterocycles. The van der Waals surface area contributed by atoms with Crippen LogP contribution in [0.1, 0.15) is 0 Å². The molecule has 0 spiro atoms. The number of para-hydroxylation sites is 1. The van der Waals surface area contributed by atoms with Crippen molar-refractivity contribution >= 4 is 28.6 Å². The van der Waals surface area contributed by atoms with Gasteiger partial charge in [0.1, 0.15) is 12.1 Å². The average Bonchev–Trinajstić information content (AvgIpc) is 3.00. The largest absolute Gasteiger partial charge is 0.354 e. The molecule has 0 saturated carbocycles. The van der Waals surface area contributed by atoms with E-state index >= 15 is 0 Å². The van der Waals surface area contributed by atoms with Crippen LogP contribution in [0.15, 0.2) is 42.9 Å². The summed E-state index contributed by atoms with van der Waals surface area (Å²) in [6.07, 6.45) is 3.51. The van der Waals surface area contributed by atoms with Gasteiger partial charge in [-0.3, -0.25) is 0 Å². The Morgan fingerprint density at radius 1 is 1.00 bits per heavy atom. The lowest BCUT2D eigenvalue weighted by molar-refractivity contribution is 0.840. The third kappa shape index (κ3) is 2.25. The van der Waals surface area contributed by atoms with Crippen molar-refractivity contribution in [1.82, 2.24) is 19.7 Å². The van der Waals surface area contributed by atoms with Gasteiger partial charge in [0.15, 0.2) is 5.65 Å². The fraction of sp³-hybridized carbons (Fsp3) is 0.267.